The molecule has 0 heterocycles. The molecular formula is C9H11FOS. The van der Waals surface area contributed by atoms with Crippen molar-refractivity contribution in [3.05, 3.63) is 35.1 Å². The van der Waals surface area contributed by atoms with Gasteiger partial charge >= 0.3 is 0 Å². The van der Waals surface area contributed by atoms with Crippen LogP contribution in [0.5, 0.6) is 0 Å². The summed E-state index contributed by atoms with van der Waals surface area (Å²) in [6, 6.07) is 4.74. The van der Waals surface area contributed by atoms with Crippen LogP contribution in [0.4, 0.5) is 4.39 Å². The molecule has 66 valence electrons. The zero-order chi connectivity index (χ0) is 9.14. The molecule has 12 heavy (non-hydrogen) atoms. The van der Waals surface area contributed by atoms with Crippen molar-refractivity contribution in [2.24, 2.45) is 0 Å². The van der Waals surface area contributed by atoms with Crippen molar-refractivity contribution in [2.45, 2.75) is 12.7 Å². The summed E-state index contributed by atoms with van der Waals surface area (Å²) in [7, 11) is 0. The molecule has 0 fully saturated rings. The Hall–Kier alpha value is -0.540. The Bertz CT molecular complexity index is 253. The van der Waals surface area contributed by atoms with Crippen LogP contribution < -0.4 is 0 Å². The van der Waals surface area contributed by atoms with Crippen LogP contribution in [0.1, 0.15) is 11.1 Å². The second kappa shape index (κ2) is 3.92. The Morgan fingerprint density at radius 1 is 1.42 bits per heavy atom. The SMILES string of the molecule is Cc1cc(F)cc(C[S+](C)[O-])c1. The highest BCUT2D eigenvalue weighted by atomic mass is 32.2. The van der Waals surface area contributed by atoms with Gasteiger partial charge in [-0.1, -0.05) is 17.2 Å². The van der Waals surface area contributed by atoms with E-state index < -0.39 is 11.2 Å². The van der Waals surface area contributed by atoms with Gasteiger partial charge in [0.05, 0.1) is 6.26 Å². The van der Waals surface area contributed by atoms with Crippen LogP contribution in [-0.2, 0) is 16.9 Å². The molecule has 0 amide bonds. The fourth-order valence-corrected chi connectivity index (χ4v) is 1.77. The summed E-state index contributed by atoms with van der Waals surface area (Å²) < 4.78 is 23.6. The Morgan fingerprint density at radius 2 is 2.08 bits per heavy atom. The summed E-state index contributed by atoms with van der Waals surface area (Å²) in [5.74, 6) is 0.175. The van der Waals surface area contributed by atoms with E-state index >= 15 is 0 Å². The van der Waals surface area contributed by atoms with Gasteiger partial charge in [-0.25, -0.2) is 4.39 Å². The van der Waals surface area contributed by atoms with Crippen molar-refractivity contribution >= 4 is 11.2 Å². The van der Waals surface area contributed by atoms with Gasteiger partial charge in [-0.15, -0.1) is 0 Å². The van der Waals surface area contributed by atoms with E-state index in [1.165, 1.54) is 12.1 Å². The van der Waals surface area contributed by atoms with Gasteiger partial charge in [0.1, 0.15) is 11.6 Å². The molecule has 1 rings (SSSR count). The van der Waals surface area contributed by atoms with E-state index in [0.29, 0.717) is 5.75 Å². The van der Waals surface area contributed by atoms with Crippen LogP contribution in [-0.4, -0.2) is 10.8 Å². The third-order valence-electron chi connectivity index (χ3n) is 1.47. The number of halogens is 1. The largest absolute Gasteiger partial charge is 0.616 e. The van der Waals surface area contributed by atoms with Crippen molar-refractivity contribution in [3.63, 3.8) is 0 Å². The fraction of sp³-hybridized carbons (Fsp3) is 0.333. The monoisotopic (exact) mass is 186 g/mol. The highest BCUT2D eigenvalue weighted by Crippen LogP contribution is 2.10. The lowest BCUT2D eigenvalue weighted by Crippen LogP contribution is -2.01. The maximum atomic E-state index is 12.8. The maximum Gasteiger partial charge on any atom is 0.130 e. The molecule has 0 aliphatic rings. The number of rotatable bonds is 2. The smallest absolute Gasteiger partial charge is 0.130 e. The third kappa shape index (κ3) is 2.83. The molecule has 1 nitrogen and oxygen atoms in total. The van der Waals surface area contributed by atoms with Crippen molar-refractivity contribution in [1.29, 1.82) is 0 Å². The summed E-state index contributed by atoms with van der Waals surface area (Å²) in [4.78, 5) is 0. The zero-order valence-corrected chi connectivity index (χ0v) is 7.95. The summed E-state index contributed by atoms with van der Waals surface area (Å²) in [5.41, 5.74) is 1.67. The number of hydrogen-bond acceptors (Lipinski definition) is 1. The van der Waals surface area contributed by atoms with E-state index in [9.17, 15) is 8.94 Å². The van der Waals surface area contributed by atoms with E-state index in [-0.39, 0.29) is 5.82 Å². The van der Waals surface area contributed by atoms with Crippen LogP contribution in [0, 0.1) is 12.7 Å². The van der Waals surface area contributed by atoms with Gasteiger partial charge < -0.3 is 4.55 Å². The number of benzene rings is 1. The van der Waals surface area contributed by atoms with Crippen LogP contribution in [0.25, 0.3) is 0 Å². The van der Waals surface area contributed by atoms with Crippen molar-refractivity contribution in [1.82, 2.24) is 0 Å². The average molecular weight is 186 g/mol. The molecule has 1 aromatic carbocycles. The highest BCUT2D eigenvalue weighted by Gasteiger charge is 2.03. The van der Waals surface area contributed by atoms with Gasteiger partial charge in [0.15, 0.2) is 0 Å². The Balaban J connectivity index is 2.85. The van der Waals surface area contributed by atoms with Crippen molar-refractivity contribution < 1.29 is 8.94 Å². The molecule has 0 aliphatic carbocycles. The van der Waals surface area contributed by atoms with Crippen molar-refractivity contribution in [3.8, 4) is 0 Å². The molecule has 0 saturated heterocycles. The van der Waals surface area contributed by atoms with E-state index in [1.807, 2.05) is 13.0 Å². The summed E-state index contributed by atoms with van der Waals surface area (Å²) in [6.07, 6.45) is 1.61. The van der Waals surface area contributed by atoms with Gasteiger partial charge in [-0.2, -0.15) is 0 Å². The minimum Gasteiger partial charge on any atom is -0.616 e. The molecule has 0 saturated carbocycles. The molecule has 1 aromatic rings. The molecule has 0 bridgehead atoms. The highest BCUT2D eigenvalue weighted by molar-refractivity contribution is 7.89. The maximum absolute atomic E-state index is 12.8. The number of hydrogen-bond donors (Lipinski definition) is 0. The number of aryl methyl sites for hydroxylation is 1. The van der Waals surface area contributed by atoms with Gasteiger partial charge in [0.25, 0.3) is 0 Å². The van der Waals surface area contributed by atoms with Crippen LogP contribution in [0.15, 0.2) is 18.2 Å². The zero-order valence-electron chi connectivity index (χ0n) is 7.13. The van der Waals surface area contributed by atoms with Crippen molar-refractivity contribution in [2.75, 3.05) is 6.26 Å². The predicted molar refractivity (Wildman–Crippen MR) is 48.9 cm³/mol. The fourth-order valence-electron chi connectivity index (χ4n) is 1.13. The second-order valence-electron chi connectivity index (χ2n) is 2.85. The molecule has 0 spiro atoms. The molecule has 0 aliphatic heterocycles. The molecule has 1 unspecified atom stereocenters. The van der Waals surface area contributed by atoms with E-state index in [1.54, 1.807) is 6.26 Å². The van der Waals surface area contributed by atoms with E-state index in [0.717, 1.165) is 11.1 Å². The van der Waals surface area contributed by atoms with Gasteiger partial charge in [-0.05, 0) is 24.6 Å². The first-order chi connectivity index (χ1) is 5.58. The second-order valence-corrected chi connectivity index (χ2v) is 4.29. The van der Waals surface area contributed by atoms with Crippen LogP contribution >= 0.6 is 0 Å². The minimum atomic E-state index is -0.900. The Labute approximate surface area is 74.8 Å². The first kappa shape index (κ1) is 9.55. The lowest BCUT2D eigenvalue weighted by Gasteiger charge is -2.05. The van der Waals surface area contributed by atoms with Gasteiger partial charge in [-0.3, -0.25) is 0 Å². The Morgan fingerprint density at radius 3 is 2.58 bits per heavy atom. The summed E-state index contributed by atoms with van der Waals surface area (Å²) in [5, 5.41) is 0. The lowest BCUT2D eigenvalue weighted by atomic mass is 10.1. The standard InChI is InChI=1S/C9H11FOS/c1-7-3-8(6-12(2)11)5-9(10)4-7/h3-5H,6H2,1-2H3. The minimum absolute atomic E-state index is 0.254. The van der Waals surface area contributed by atoms with E-state index in [2.05, 4.69) is 0 Å². The van der Waals surface area contributed by atoms with Gasteiger partial charge in [0.2, 0.25) is 0 Å². The molecule has 1 atom stereocenters. The van der Waals surface area contributed by atoms with Gasteiger partial charge in [0, 0.05) is 5.56 Å². The molecule has 0 aromatic heterocycles. The predicted octanol–water partition coefficient (Wildman–Crippen LogP) is 2.01. The molecule has 3 heteroatoms. The van der Waals surface area contributed by atoms with E-state index in [4.69, 9.17) is 0 Å². The molecule has 0 N–H and O–H groups in total. The summed E-state index contributed by atoms with van der Waals surface area (Å²) >= 11 is -0.900. The first-order valence-corrected chi connectivity index (χ1v) is 5.37. The average Bonchev–Trinajstić information content (AvgIpc) is 1.81. The third-order valence-corrected chi connectivity index (χ3v) is 2.21. The summed E-state index contributed by atoms with van der Waals surface area (Å²) in [6.45, 7) is 1.82. The molecule has 0 radical (unpaired) electrons. The Kier molecular flexibility index (Phi) is 3.12. The first-order valence-electron chi connectivity index (χ1n) is 3.64. The topological polar surface area (TPSA) is 23.1 Å². The quantitative estimate of drug-likeness (QED) is 0.648. The normalized spacial score (nSPS) is 13.0. The van der Waals surface area contributed by atoms with Crippen LogP contribution in [0.2, 0.25) is 0 Å². The molecular weight excluding hydrogens is 175 g/mol. The van der Waals surface area contributed by atoms with Crippen LogP contribution in [0.3, 0.4) is 0 Å². The lowest BCUT2D eigenvalue weighted by molar-refractivity contribution is 0.599.